The highest BCUT2D eigenvalue weighted by atomic mass is 35.5. The molecule has 170 valence electrons. The summed E-state index contributed by atoms with van der Waals surface area (Å²) in [6.45, 7) is 9.07. The largest absolute Gasteiger partial charge is 0.375 e. The molecular weight excluding hydrogens is 416 g/mol. The molecule has 0 atom stereocenters. The zero-order chi connectivity index (χ0) is 23.1. The third-order valence-electron chi connectivity index (χ3n) is 5.86. The van der Waals surface area contributed by atoms with Gasteiger partial charge in [-0.2, -0.15) is 0 Å². The number of rotatable bonds is 11. The lowest BCUT2D eigenvalue weighted by molar-refractivity contribution is -0.125. The van der Waals surface area contributed by atoms with Crippen molar-refractivity contribution in [2.24, 2.45) is 0 Å². The van der Waals surface area contributed by atoms with Gasteiger partial charge in [-0.15, -0.1) is 11.6 Å². The first-order chi connectivity index (χ1) is 15.3. The van der Waals surface area contributed by atoms with Crippen molar-refractivity contribution >= 4 is 11.6 Å². The molecule has 0 amide bonds. The summed E-state index contributed by atoms with van der Waals surface area (Å²) < 4.78 is 13.3. The molecule has 0 aliphatic rings. The number of hydrogen-bond donors (Lipinski definition) is 0. The quantitative estimate of drug-likeness (QED) is 0.221. The zero-order valence-corrected chi connectivity index (χ0v) is 20.4. The van der Waals surface area contributed by atoms with E-state index in [0.29, 0.717) is 12.5 Å². The Morgan fingerprint density at radius 2 is 1.00 bits per heavy atom. The highest BCUT2D eigenvalue weighted by Gasteiger charge is 2.42. The van der Waals surface area contributed by atoms with Gasteiger partial charge in [0.2, 0.25) is 0 Å². The van der Waals surface area contributed by atoms with Crippen molar-refractivity contribution in [3.8, 4) is 0 Å². The molecule has 0 bridgehead atoms. The van der Waals surface area contributed by atoms with Gasteiger partial charge in [0, 0.05) is 5.88 Å². The molecule has 0 aliphatic heterocycles. The van der Waals surface area contributed by atoms with E-state index in [1.165, 1.54) is 0 Å². The first kappa shape index (κ1) is 24.5. The van der Waals surface area contributed by atoms with Crippen LogP contribution in [0.2, 0.25) is 0 Å². The van der Waals surface area contributed by atoms with Crippen LogP contribution in [-0.4, -0.2) is 23.7 Å². The maximum absolute atomic E-state index is 7.15. The number of alkyl halides is 1. The Balaban J connectivity index is 2.01. The van der Waals surface area contributed by atoms with Gasteiger partial charge in [-0.1, -0.05) is 91.0 Å². The minimum atomic E-state index is -0.737. The molecule has 3 aromatic rings. The van der Waals surface area contributed by atoms with E-state index in [1.54, 1.807) is 0 Å². The normalized spacial score (nSPS) is 12.7. The van der Waals surface area contributed by atoms with Crippen LogP contribution in [0.3, 0.4) is 0 Å². The summed E-state index contributed by atoms with van der Waals surface area (Å²) in [5.74, 6) is 0.589. The van der Waals surface area contributed by atoms with E-state index in [0.717, 1.165) is 29.5 Å². The van der Waals surface area contributed by atoms with Crippen LogP contribution in [0.15, 0.2) is 91.0 Å². The van der Waals surface area contributed by atoms with Crippen LogP contribution in [0, 0.1) is 0 Å². The molecule has 0 unspecified atom stereocenters. The van der Waals surface area contributed by atoms with Crippen molar-refractivity contribution in [2.45, 2.75) is 57.3 Å². The predicted octanol–water partition coefficient (Wildman–Crippen LogP) is 7.59. The molecule has 0 heterocycles. The second kappa shape index (κ2) is 10.7. The van der Waals surface area contributed by atoms with Crippen LogP contribution in [-0.2, 0) is 15.1 Å². The molecule has 3 heteroatoms. The zero-order valence-electron chi connectivity index (χ0n) is 19.7. The van der Waals surface area contributed by atoms with Crippen molar-refractivity contribution in [3.05, 3.63) is 108 Å². The van der Waals surface area contributed by atoms with Crippen LogP contribution >= 0.6 is 11.6 Å². The van der Waals surface area contributed by atoms with Gasteiger partial charge in [0.05, 0.1) is 17.8 Å². The molecule has 0 aliphatic carbocycles. The average molecular weight is 451 g/mol. The van der Waals surface area contributed by atoms with E-state index in [9.17, 15) is 0 Å². The monoisotopic (exact) mass is 450 g/mol. The van der Waals surface area contributed by atoms with Crippen molar-refractivity contribution in [1.29, 1.82) is 0 Å². The summed E-state index contributed by atoms with van der Waals surface area (Å²) >= 11 is 5.94. The molecule has 0 saturated heterocycles. The lowest BCUT2D eigenvalue weighted by Gasteiger charge is -2.42. The predicted molar refractivity (Wildman–Crippen MR) is 134 cm³/mol. The Labute approximate surface area is 198 Å². The molecule has 0 radical (unpaired) electrons. The van der Waals surface area contributed by atoms with Crippen molar-refractivity contribution in [2.75, 3.05) is 12.5 Å². The third-order valence-corrected chi connectivity index (χ3v) is 6.05. The van der Waals surface area contributed by atoms with Crippen molar-refractivity contribution in [3.63, 3.8) is 0 Å². The molecule has 2 nitrogen and oxygen atoms in total. The highest BCUT2D eigenvalue weighted by molar-refractivity contribution is 6.17. The second-order valence-electron chi connectivity index (χ2n) is 9.44. The molecule has 0 spiro atoms. The molecule has 3 rings (SSSR count). The fourth-order valence-corrected chi connectivity index (χ4v) is 4.49. The maximum Gasteiger partial charge on any atom is 0.144 e. The first-order valence-electron chi connectivity index (χ1n) is 11.4. The number of hydrogen-bond acceptors (Lipinski definition) is 2. The Morgan fingerprint density at radius 1 is 0.594 bits per heavy atom. The van der Waals surface area contributed by atoms with Crippen LogP contribution in [0.1, 0.15) is 57.2 Å². The Hall–Kier alpha value is -2.13. The standard InChI is InChI=1S/C29H35ClO2/c1-27(2,20-22-30)31-23-21-28(3,4)32-29(24-14-8-5-9-15-24,25-16-10-6-11-17-25)26-18-12-7-13-19-26/h5-19H,20-23H2,1-4H3. The van der Waals surface area contributed by atoms with Gasteiger partial charge in [0.15, 0.2) is 0 Å². The average Bonchev–Trinajstić information content (AvgIpc) is 2.79. The Morgan fingerprint density at radius 3 is 1.38 bits per heavy atom. The lowest BCUT2D eigenvalue weighted by Crippen LogP contribution is -2.42. The molecular formula is C29H35ClO2. The summed E-state index contributed by atoms with van der Waals surface area (Å²) in [5, 5.41) is 0. The maximum atomic E-state index is 7.15. The van der Waals surface area contributed by atoms with Crippen LogP contribution in [0.4, 0.5) is 0 Å². The topological polar surface area (TPSA) is 18.5 Å². The van der Waals surface area contributed by atoms with Gasteiger partial charge < -0.3 is 9.47 Å². The number of ether oxygens (including phenoxy) is 2. The van der Waals surface area contributed by atoms with Crippen LogP contribution in [0.25, 0.3) is 0 Å². The fourth-order valence-electron chi connectivity index (χ4n) is 4.03. The van der Waals surface area contributed by atoms with Gasteiger partial charge in [-0.25, -0.2) is 0 Å². The Bertz CT molecular complexity index is 840. The summed E-state index contributed by atoms with van der Waals surface area (Å²) in [7, 11) is 0. The van der Waals surface area contributed by atoms with Gasteiger partial charge in [0.1, 0.15) is 5.60 Å². The van der Waals surface area contributed by atoms with Gasteiger partial charge in [0.25, 0.3) is 0 Å². The van der Waals surface area contributed by atoms with E-state index >= 15 is 0 Å². The molecule has 0 N–H and O–H groups in total. The third kappa shape index (κ3) is 6.01. The molecule has 0 aromatic heterocycles. The molecule has 0 fully saturated rings. The molecule has 3 aromatic carbocycles. The summed E-state index contributed by atoms with van der Waals surface area (Å²) in [5.41, 5.74) is 1.89. The molecule has 32 heavy (non-hydrogen) atoms. The fraction of sp³-hybridized carbons (Fsp3) is 0.379. The van der Waals surface area contributed by atoms with E-state index in [-0.39, 0.29) is 5.60 Å². The Kier molecular flexibility index (Phi) is 8.16. The van der Waals surface area contributed by atoms with E-state index in [2.05, 4.69) is 100 Å². The van der Waals surface area contributed by atoms with Crippen LogP contribution < -0.4 is 0 Å². The highest BCUT2D eigenvalue weighted by Crippen LogP contribution is 2.44. The smallest absolute Gasteiger partial charge is 0.144 e. The number of halogens is 1. The van der Waals surface area contributed by atoms with E-state index in [1.807, 2.05) is 18.2 Å². The summed E-state index contributed by atoms with van der Waals surface area (Å²) in [4.78, 5) is 0. The van der Waals surface area contributed by atoms with Crippen molar-refractivity contribution in [1.82, 2.24) is 0 Å². The van der Waals surface area contributed by atoms with E-state index < -0.39 is 11.2 Å². The first-order valence-corrected chi connectivity index (χ1v) is 11.9. The summed E-state index contributed by atoms with van der Waals surface area (Å²) in [6.07, 6.45) is 1.57. The minimum absolute atomic E-state index is 0.243. The van der Waals surface area contributed by atoms with Crippen LogP contribution in [0.5, 0.6) is 0 Å². The SMILES string of the molecule is CC(C)(CCCl)OCCC(C)(C)OC(c1ccccc1)(c1ccccc1)c1ccccc1. The van der Waals surface area contributed by atoms with Gasteiger partial charge in [-0.3, -0.25) is 0 Å². The molecule has 0 saturated carbocycles. The second-order valence-corrected chi connectivity index (χ2v) is 9.82. The minimum Gasteiger partial charge on any atom is -0.375 e. The van der Waals surface area contributed by atoms with Gasteiger partial charge in [-0.05, 0) is 57.2 Å². The lowest BCUT2D eigenvalue weighted by atomic mass is 9.79. The summed E-state index contributed by atoms with van der Waals surface area (Å²) in [6, 6.07) is 31.5. The van der Waals surface area contributed by atoms with Gasteiger partial charge >= 0.3 is 0 Å². The van der Waals surface area contributed by atoms with Crippen molar-refractivity contribution < 1.29 is 9.47 Å². The number of benzene rings is 3. The van der Waals surface area contributed by atoms with E-state index in [4.69, 9.17) is 21.1 Å².